The van der Waals surface area contributed by atoms with E-state index in [4.69, 9.17) is 0 Å². The maximum atomic E-state index is 14.6. The van der Waals surface area contributed by atoms with Crippen LogP contribution in [0.4, 0.5) is 15.8 Å². The number of hydrogen-bond donors (Lipinski definition) is 2. The van der Waals surface area contributed by atoms with E-state index in [0.29, 0.717) is 34.0 Å². The minimum atomic E-state index is -0.598. The highest BCUT2D eigenvalue weighted by Gasteiger charge is 2.24. The third-order valence-electron chi connectivity index (χ3n) is 6.65. The molecule has 0 spiro atoms. The van der Waals surface area contributed by atoms with Gasteiger partial charge in [0.05, 0.1) is 11.3 Å². The van der Waals surface area contributed by atoms with Gasteiger partial charge in [-0.1, -0.05) is 35.5 Å². The van der Waals surface area contributed by atoms with Crippen molar-refractivity contribution in [3.05, 3.63) is 102 Å². The average molecular weight is 479 g/mol. The molecule has 0 bridgehead atoms. The van der Waals surface area contributed by atoms with E-state index in [2.05, 4.69) is 54.9 Å². The van der Waals surface area contributed by atoms with Gasteiger partial charge in [0.1, 0.15) is 11.3 Å². The molecule has 1 aliphatic rings. The molecule has 5 aromatic rings. The summed E-state index contributed by atoms with van der Waals surface area (Å²) in [7, 11) is 0. The minimum absolute atomic E-state index is 0.0520. The molecule has 1 fully saturated rings. The molecule has 1 atom stereocenters. The summed E-state index contributed by atoms with van der Waals surface area (Å²) in [4.78, 5) is 19.7. The Kier molecular flexibility index (Phi) is 5.61. The number of carbonyl (C=O) groups is 1. The van der Waals surface area contributed by atoms with Crippen molar-refractivity contribution >= 4 is 28.4 Å². The molecule has 3 aromatic carbocycles. The van der Waals surface area contributed by atoms with Gasteiger partial charge >= 0.3 is 0 Å². The van der Waals surface area contributed by atoms with Gasteiger partial charge in [0.2, 0.25) is 5.65 Å². The molecular weight excluding hydrogens is 455 g/mol. The average Bonchev–Trinajstić information content (AvgIpc) is 3.60. The molecule has 1 aliphatic heterocycles. The number of rotatable bonds is 5. The molecule has 0 saturated carbocycles. The number of amides is 1. The normalized spacial score (nSPS) is 15.4. The molecule has 36 heavy (non-hydrogen) atoms. The SMILES string of the molecule is O=C(Nc1ccc(N2CCC(c3ccccc3)C2)cc1)c1cc(-c2ccc3[nH]nnc3n2)ccc1F. The van der Waals surface area contributed by atoms with E-state index < -0.39 is 11.7 Å². The number of nitrogens with zero attached hydrogens (tertiary/aromatic N) is 4. The highest BCUT2D eigenvalue weighted by molar-refractivity contribution is 6.05. The lowest BCUT2D eigenvalue weighted by Crippen LogP contribution is -2.19. The maximum absolute atomic E-state index is 14.6. The van der Waals surface area contributed by atoms with Crippen LogP contribution in [0.25, 0.3) is 22.4 Å². The molecule has 1 saturated heterocycles. The fourth-order valence-corrected chi connectivity index (χ4v) is 4.70. The highest BCUT2D eigenvalue weighted by atomic mass is 19.1. The molecular formula is C28H23FN6O. The highest BCUT2D eigenvalue weighted by Crippen LogP contribution is 2.31. The molecule has 2 aromatic heterocycles. The molecule has 178 valence electrons. The lowest BCUT2D eigenvalue weighted by molar-refractivity contribution is 0.102. The third-order valence-corrected chi connectivity index (χ3v) is 6.65. The topological polar surface area (TPSA) is 86.8 Å². The smallest absolute Gasteiger partial charge is 0.258 e. The first-order valence-electron chi connectivity index (χ1n) is 11.8. The molecule has 8 heteroatoms. The zero-order valence-electron chi connectivity index (χ0n) is 19.4. The molecule has 6 rings (SSSR count). The monoisotopic (exact) mass is 478 g/mol. The summed E-state index contributed by atoms with van der Waals surface area (Å²) >= 11 is 0. The van der Waals surface area contributed by atoms with Gasteiger partial charge in [-0.05, 0) is 66.6 Å². The molecule has 1 amide bonds. The number of fused-ring (bicyclic) bond motifs is 1. The van der Waals surface area contributed by atoms with Crippen LogP contribution in [-0.2, 0) is 0 Å². The van der Waals surface area contributed by atoms with Gasteiger partial charge in [-0.25, -0.2) is 9.37 Å². The lowest BCUT2D eigenvalue weighted by atomic mass is 9.99. The Hall–Kier alpha value is -4.59. The first-order chi connectivity index (χ1) is 17.6. The van der Waals surface area contributed by atoms with Crippen LogP contribution in [0.5, 0.6) is 0 Å². The van der Waals surface area contributed by atoms with Crippen LogP contribution in [0.15, 0.2) is 84.9 Å². The second kappa shape index (κ2) is 9.22. The predicted octanol–water partition coefficient (Wildman–Crippen LogP) is 5.41. The van der Waals surface area contributed by atoms with E-state index in [0.717, 1.165) is 25.2 Å². The number of carbonyl (C=O) groups excluding carboxylic acids is 1. The van der Waals surface area contributed by atoms with Gasteiger partial charge in [0.15, 0.2) is 0 Å². The van der Waals surface area contributed by atoms with Crippen molar-refractivity contribution in [3.8, 4) is 11.3 Å². The van der Waals surface area contributed by atoms with E-state index >= 15 is 0 Å². The summed E-state index contributed by atoms with van der Waals surface area (Å²) in [5.41, 5.74) is 5.37. The van der Waals surface area contributed by atoms with Crippen LogP contribution in [-0.4, -0.2) is 39.4 Å². The van der Waals surface area contributed by atoms with Crippen molar-refractivity contribution in [1.29, 1.82) is 0 Å². The van der Waals surface area contributed by atoms with Gasteiger partial charge in [-0.15, -0.1) is 5.10 Å². The first-order valence-corrected chi connectivity index (χ1v) is 11.8. The van der Waals surface area contributed by atoms with Gasteiger partial charge in [0.25, 0.3) is 5.91 Å². The predicted molar refractivity (Wildman–Crippen MR) is 137 cm³/mol. The molecule has 1 unspecified atom stereocenters. The van der Waals surface area contributed by atoms with E-state index in [-0.39, 0.29) is 5.56 Å². The van der Waals surface area contributed by atoms with Gasteiger partial charge in [-0.2, -0.15) is 0 Å². The number of pyridine rings is 1. The first kappa shape index (κ1) is 21.9. The number of halogens is 1. The summed E-state index contributed by atoms with van der Waals surface area (Å²) in [6, 6.07) is 26.2. The Bertz CT molecular complexity index is 1530. The second-order valence-corrected chi connectivity index (χ2v) is 8.92. The van der Waals surface area contributed by atoms with Gasteiger partial charge in [0, 0.05) is 35.9 Å². The summed E-state index contributed by atoms with van der Waals surface area (Å²) in [5, 5.41) is 13.2. The summed E-state index contributed by atoms with van der Waals surface area (Å²) < 4.78 is 14.6. The Morgan fingerprint density at radius 1 is 1.00 bits per heavy atom. The number of benzene rings is 3. The van der Waals surface area contributed by atoms with Crippen LogP contribution in [0.3, 0.4) is 0 Å². The van der Waals surface area contributed by atoms with Gasteiger partial charge in [-0.3, -0.25) is 9.89 Å². The maximum Gasteiger partial charge on any atom is 0.258 e. The fraction of sp³-hybridized carbons (Fsp3) is 0.143. The summed E-state index contributed by atoms with van der Waals surface area (Å²) in [6.45, 7) is 1.94. The summed E-state index contributed by atoms with van der Waals surface area (Å²) in [5.74, 6) is -0.602. The number of anilines is 2. The van der Waals surface area contributed by atoms with E-state index in [1.54, 1.807) is 18.2 Å². The molecule has 0 radical (unpaired) electrons. The third kappa shape index (κ3) is 4.29. The fourth-order valence-electron chi connectivity index (χ4n) is 4.70. The largest absolute Gasteiger partial charge is 0.371 e. The molecule has 7 nitrogen and oxygen atoms in total. The number of hydrogen-bond acceptors (Lipinski definition) is 5. The lowest BCUT2D eigenvalue weighted by Gasteiger charge is -2.19. The van der Waals surface area contributed by atoms with Crippen molar-refractivity contribution in [2.24, 2.45) is 0 Å². The zero-order valence-corrected chi connectivity index (χ0v) is 19.4. The van der Waals surface area contributed by atoms with Crippen LogP contribution >= 0.6 is 0 Å². The van der Waals surface area contributed by atoms with Crippen molar-refractivity contribution in [3.63, 3.8) is 0 Å². The summed E-state index contributed by atoms with van der Waals surface area (Å²) in [6.07, 6.45) is 1.11. The van der Waals surface area contributed by atoms with E-state index in [9.17, 15) is 9.18 Å². The minimum Gasteiger partial charge on any atom is -0.371 e. The number of aromatic amines is 1. The standard InChI is InChI=1S/C28H23FN6O/c29-24-11-6-19(25-12-13-26-27(31-25)33-34-32-26)16-23(24)28(36)30-21-7-9-22(10-8-21)35-15-14-20(17-35)18-4-2-1-3-5-18/h1-13,16,20H,14-15,17H2,(H,30,36)(H,31,32,33,34). The van der Waals surface area contributed by atoms with E-state index in [1.165, 1.54) is 17.7 Å². The number of aromatic nitrogens is 4. The van der Waals surface area contributed by atoms with Crippen molar-refractivity contribution in [2.45, 2.75) is 12.3 Å². The van der Waals surface area contributed by atoms with Crippen molar-refractivity contribution < 1.29 is 9.18 Å². The van der Waals surface area contributed by atoms with Crippen molar-refractivity contribution in [1.82, 2.24) is 20.4 Å². The van der Waals surface area contributed by atoms with E-state index in [1.807, 2.05) is 30.3 Å². The number of H-pyrrole nitrogens is 1. The Morgan fingerprint density at radius 3 is 2.67 bits per heavy atom. The van der Waals surface area contributed by atoms with Crippen LogP contribution in [0.1, 0.15) is 28.3 Å². The molecule has 0 aliphatic carbocycles. The van der Waals surface area contributed by atoms with Crippen LogP contribution in [0.2, 0.25) is 0 Å². The Morgan fingerprint density at radius 2 is 1.83 bits per heavy atom. The van der Waals surface area contributed by atoms with Crippen molar-refractivity contribution in [2.75, 3.05) is 23.3 Å². The Balaban J connectivity index is 1.16. The quantitative estimate of drug-likeness (QED) is 0.353. The Labute approximate surface area is 207 Å². The second-order valence-electron chi connectivity index (χ2n) is 8.92. The molecule has 2 N–H and O–H groups in total. The van der Waals surface area contributed by atoms with Crippen LogP contribution in [0, 0.1) is 5.82 Å². The number of nitrogens with one attached hydrogen (secondary N) is 2. The van der Waals surface area contributed by atoms with Crippen LogP contribution < -0.4 is 10.2 Å². The van der Waals surface area contributed by atoms with Gasteiger partial charge < -0.3 is 10.2 Å². The molecule has 3 heterocycles. The zero-order chi connectivity index (χ0) is 24.5.